The molecule has 0 aliphatic carbocycles. The summed E-state index contributed by atoms with van der Waals surface area (Å²) in [5.74, 6) is 0.441. The zero-order chi connectivity index (χ0) is 17.6. The third-order valence-electron chi connectivity index (χ3n) is 4.77. The summed E-state index contributed by atoms with van der Waals surface area (Å²) in [7, 11) is 0. The number of hydrogen-bond donors (Lipinski definition) is 0. The van der Waals surface area contributed by atoms with Crippen molar-refractivity contribution in [2.75, 3.05) is 11.4 Å². The fraction of sp³-hybridized carbons (Fsp3) is 0.300. The number of aromatic nitrogens is 2. The Balaban J connectivity index is 1.75. The number of nitrogens with zero attached hydrogens (tertiary/aromatic N) is 3. The van der Waals surface area contributed by atoms with Crippen molar-refractivity contribution in [3.63, 3.8) is 0 Å². The third kappa shape index (κ3) is 2.60. The highest BCUT2D eigenvalue weighted by molar-refractivity contribution is 5.96. The van der Waals surface area contributed by atoms with Gasteiger partial charge in [-0.25, -0.2) is 9.37 Å². The van der Waals surface area contributed by atoms with E-state index in [9.17, 15) is 9.18 Å². The van der Waals surface area contributed by atoms with Crippen LogP contribution in [0.2, 0.25) is 0 Å². The molecule has 0 N–H and O–H groups in total. The summed E-state index contributed by atoms with van der Waals surface area (Å²) >= 11 is 0. The Labute approximate surface area is 145 Å². The van der Waals surface area contributed by atoms with E-state index in [1.54, 1.807) is 23.1 Å². The van der Waals surface area contributed by atoms with Crippen LogP contribution in [0, 0.1) is 5.82 Å². The van der Waals surface area contributed by atoms with Gasteiger partial charge in [-0.05, 0) is 38.1 Å². The van der Waals surface area contributed by atoms with E-state index in [0.29, 0.717) is 18.7 Å². The zero-order valence-electron chi connectivity index (χ0n) is 14.3. The maximum Gasteiger partial charge on any atom is 0.227 e. The molecule has 1 atom stereocenters. The number of halogens is 1. The number of fused-ring (bicyclic) bond motifs is 1. The highest BCUT2D eigenvalue weighted by Crippen LogP contribution is 2.35. The van der Waals surface area contributed by atoms with Crippen molar-refractivity contribution in [2.24, 2.45) is 0 Å². The molecule has 1 aliphatic rings. The number of anilines is 1. The molecule has 1 amide bonds. The van der Waals surface area contributed by atoms with Gasteiger partial charge in [-0.3, -0.25) is 4.79 Å². The summed E-state index contributed by atoms with van der Waals surface area (Å²) in [5, 5.41) is 0. The van der Waals surface area contributed by atoms with E-state index in [2.05, 4.69) is 24.5 Å². The fourth-order valence-electron chi connectivity index (χ4n) is 3.68. The third-order valence-corrected chi connectivity index (χ3v) is 4.77. The second kappa shape index (κ2) is 5.99. The van der Waals surface area contributed by atoms with Gasteiger partial charge in [0.1, 0.15) is 11.6 Å². The summed E-state index contributed by atoms with van der Waals surface area (Å²) in [6, 6.07) is 14.7. The molecule has 128 valence electrons. The first kappa shape index (κ1) is 15.8. The summed E-state index contributed by atoms with van der Waals surface area (Å²) < 4.78 is 16.3. The first-order valence-electron chi connectivity index (χ1n) is 8.58. The largest absolute Gasteiger partial charge is 0.325 e. The van der Waals surface area contributed by atoms with E-state index in [0.717, 1.165) is 16.9 Å². The SMILES string of the molecule is CC(C)n1c([C@@H]2CC(=O)N(c3ccccc3F)C2)nc2ccccc21. The molecule has 1 aliphatic heterocycles. The maximum absolute atomic E-state index is 14.1. The Hall–Kier alpha value is -2.69. The van der Waals surface area contributed by atoms with Crippen LogP contribution in [-0.2, 0) is 4.79 Å². The van der Waals surface area contributed by atoms with Crippen molar-refractivity contribution in [3.8, 4) is 0 Å². The number of rotatable bonds is 3. The molecule has 0 bridgehead atoms. The minimum atomic E-state index is -0.367. The molecule has 4 rings (SSSR count). The summed E-state index contributed by atoms with van der Waals surface area (Å²) in [4.78, 5) is 18.9. The molecule has 5 heteroatoms. The van der Waals surface area contributed by atoms with Crippen LogP contribution in [0.3, 0.4) is 0 Å². The molecule has 2 heterocycles. The van der Waals surface area contributed by atoms with Crippen LogP contribution < -0.4 is 4.90 Å². The molecular weight excluding hydrogens is 317 g/mol. The quantitative estimate of drug-likeness (QED) is 0.715. The molecule has 4 nitrogen and oxygen atoms in total. The molecule has 0 unspecified atom stereocenters. The molecule has 25 heavy (non-hydrogen) atoms. The molecule has 1 aromatic heterocycles. The molecule has 0 saturated carbocycles. The lowest BCUT2D eigenvalue weighted by atomic mass is 10.1. The summed E-state index contributed by atoms with van der Waals surface area (Å²) in [5.41, 5.74) is 2.36. The van der Waals surface area contributed by atoms with Gasteiger partial charge in [0.05, 0.1) is 16.7 Å². The van der Waals surface area contributed by atoms with Gasteiger partial charge in [0.2, 0.25) is 5.91 Å². The number of para-hydroxylation sites is 3. The van der Waals surface area contributed by atoms with Gasteiger partial charge in [-0.1, -0.05) is 24.3 Å². The number of carbonyl (C=O) groups excluding carboxylic acids is 1. The van der Waals surface area contributed by atoms with Crippen LogP contribution in [0.4, 0.5) is 10.1 Å². The van der Waals surface area contributed by atoms with Gasteiger partial charge >= 0.3 is 0 Å². The lowest BCUT2D eigenvalue weighted by Crippen LogP contribution is -2.25. The monoisotopic (exact) mass is 337 g/mol. The van der Waals surface area contributed by atoms with Crippen LogP contribution in [-0.4, -0.2) is 22.0 Å². The van der Waals surface area contributed by atoms with Crippen LogP contribution in [0.15, 0.2) is 48.5 Å². The van der Waals surface area contributed by atoms with Crippen molar-refractivity contribution < 1.29 is 9.18 Å². The minimum absolute atomic E-state index is 0.0399. The maximum atomic E-state index is 14.1. The second-order valence-corrected chi connectivity index (χ2v) is 6.78. The second-order valence-electron chi connectivity index (χ2n) is 6.78. The van der Waals surface area contributed by atoms with Crippen molar-refractivity contribution in [3.05, 3.63) is 60.2 Å². The number of amides is 1. The van der Waals surface area contributed by atoms with Crippen molar-refractivity contribution >= 4 is 22.6 Å². The number of imidazole rings is 1. The topological polar surface area (TPSA) is 38.1 Å². The normalized spacial score (nSPS) is 17.8. The van der Waals surface area contributed by atoms with Gasteiger partial charge in [0.25, 0.3) is 0 Å². The van der Waals surface area contributed by atoms with Crippen LogP contribution in [0.1, 0.15) is 38.1 Å². The molecule has 0 radical (unpaired) electrons. The standard InChI is InChI=1S/C20H20FN3O/c1-13(2)24-18-10-6-4-8-16(18)22-20(24)14-11-19(25)23(12-14)17-9-5-3-7-15(17)21/h3-10,13-14H,11-12H2,1-2H3/t14-/m1/s1. The Morgan fingerprint density at radius 1 is 1.12 bits per heavy atom. The Morgan fingerprint density at radius 3 is 2.60 bits per heavy atom. The summed E-state index contributed by atoms with van der Waals surface area (Å²) in [6.45, 7) is 4.68. The number of hydrogen-bond acceptors (Lipinski definition) is 2. The lowest BCUT2D eigenvalue weighted by Gasteiger charge is -2.19. The first-order chi connectivity index (χ1) is 12.1. The smallest absolute Gasteiger partial charge is 0.227 e. The highest BCUT2D eigenvalue weighted by Gasteiger charge is 2.36. The predicted octanol–water partition coefficient (Wildman–Crippen LogP) is 4.28. The van der Waals surface area contributed by atoms with Crippen LogP contribution >= 0.6 is 0 Å². The van der Waals surface area contributed by atoms with Gasteiger partial charge in [0, 0.05) is 24.9 Å². The highest BCUT2D eigenvalue weighted by atomic mass is 19.1. The molecule has 1 saturated heterocycles. The fourth-order valence-corrected chi connectivity index (χ4v) is 3.68. The van der Waals surface area contributed by atoms with Gasteiger partial charge < -0.3 is 9.47 Å². The molecular formula is C20H20FN3O. The van der Waals surface area contributed by atoms with E-state index in [1.807, 2.05) is 18.2 Å². The lowest BCUT2D eigenvalue weighted by molar-refractivity contribution is -0.117. The van der Waals surface area contributed by atoms with E-state index < -0.39 is 0 Å². The Bertz CT molecular complexity index is 947. The number of carbonyl (C=O) groups is 1. The van der Waals surface area contributed by atoms with Gasteiger partial charge in [-0.15, -0.1) is 0 Å². The molecule has 3 aromatic rings. The van der Waals surface area contributed by atoms with Gasteiger partial charge in [0.15, 0.2) is 0 Å². The van der Waals surface area contributed by atoms with E-state index >= 15 is 0 Å². The van der Waals surface area contributed by atoms with Crippen molar-refractivity contribution in [2.45, 2.75) is 32.2 Å². The minimum Gasteiger partial charge on any atom is -0.325 e. The molecule has 2 aromatic carbocycles. The first-order valence-corrected chi connectivity index (χ1v) is 8.58. The van der Waals surface area contributed by atoms with E-state index in [1.165, 1.54) is 6.07 Å². The predicted molar refractivity (Wildman–Crippen MR) is 96.2 cm³/mol. The van der Waals surface area contributed by atoms with Crippen molar-refractivity contribution in [1.29, 1.82) is 0 Å². The zero-order valence-corrected chi connectivity index (χ0v) is 14.3. The average Bonchev–Trinajstić information content (AvgIpc) is 3.16. The van der Waals surface area contributed by atoms with Gasteiger partial charge in [-0.2, -0.15) is 0 Å². The molecule has 1 fully saturated rings. The molecule has 0 spiro atoms. The van der Waals surface area contributed by atoms with Crippen molar-refractivity contribution in [1.82, 2.24) is 9.55 Å². The van der Waals surface area contributed by atoms with E-state index in [-0.39, 0.29) is 23.7 Å². The van der Waals surface area contributed by atoms with Crippen LogP contribution in [0.25, 0.3) is 11.0 Å². The summed E-state index contributed by atoms with van der Waals surface area (Å²) in [6.07, 6.45) is 0.352. The number of benzene rings is 2. The Morgan fingerprint density at radius 2 is 1.84 bits per heavy atom. The van der Waals surface area contributed by atoms with Crippen LogP contribution in [0.5, 0.6) is 0 Å². The van der Waals surface area contributed by atoms with E-state index in [4.69, 9.17) is 4.98 Å². The Kier molecular flexibility index (Phi) is 3.79. The average molecular weight is 337 g/mol.